The van der Waals surface area contributed by atoms with Gasteiger partial charge in [0.25, 0.3) is 0 Å². The average Bonchev–Trinajstić information content (AvgIpc) is 3.19. The molecule has 0 aromatic heterocycles. The summed E-state index contributed by atoms with van der Waals surface area (Å²) in [5, 5.41) is 3.77. The molecular weight excluding hydrogens is 236 g/mol. The topological polar surface area (TPSA) is 24.5 Å². The van der Waals surface area contributed by atoms with Gasteiger partial charge >= 0.3 is 0 Å². The van der Waals surface area contributed by atoms with Crippen molar-refractivity contribution in [2.75, 3.05) is 32.8 Å². The number of hydrogen-bond donors (Lipinski definition) is 1. The van der Waals surface area contributed by atoms with Crippen LogP contribution in [0, 0.1) is 11.8 Å². The van der Waals surface area contributed by atoms with Crippen molar-refractivity contribution in [3.05, 3.63) is 0 Å². The second-order valence-corrected chi connectivity index (χ2v) is 6.92. The number of rotatable bonds is 8. The second kappa shape index (κ2) is 7.61. The number of ether oxygens (including phenoxy) is 1. The molecule has 1 aliphatic carbocycles. The van der Waals surface area contributed by atoms with Crippen molar-refractivity contribution >= 4 is 0 Å². The molecule has 0 radical (unpaired) electrons. The summed E-state index contributed by atoms with van der Waals surface area (Å²) in [5.41, 5.74) is 0. The Morgan fingerprint density at radius 1 is 1.16 bits per heavy atom. The van der Waals surface area contributed by atoms with E-state index in [-0.39, 0.29) is 0 Å². The Bertz CT molecular complexity index is 247. The van der Waals surface area contributed by atoms with Crippen molar-refractivity contribution in [3.63, 3.8) is 0 Å². The highest BCUT2D eigenvalue weighted by Crippen LogP contribution is 2.33. The van der Waals surface area contributed by atoms with Crippen LogP contribution in [0.2, 0.25) is 0 Å². The van der Waals surface area contributed by atoms with Crippen LogP contribution in [0.5, 0.6) is 0 Å². The zero-order valence-electron chi connectivity index (χ0n) is 13.0. The molecule has 0 bridgehead atoms. The monoisotopic (exact) mass is 268 g/mol. The molecule has 0 amide bonds. The lowest BCUT2D eigenvalue weighted by molar-refractivity contribution is 0.0118. The van der Waals surface area contributed by atoms with Crippen LogP contribution in [0.4, 0.5) is 0 Å². The minimum Gasteiger partial charge on any atom is -0.379 e. The molecule has 112 valence electrons. The fraction of sp³-hybridized carbons (Fsp3) is 1.00. The minimum absolute atomic E-state index is 0.684. The number of nitrogens with one attached hydrogen (secondary N) is 1. The van der Waals surface area contributed by atoms with Gasteiger partial charge in [0.1, 0.15) is 0 Å². The maximum atomic E-state index is 5.48. The first kappa shape index (κ1) is 15.3. The maximum Gasteiger partial charge on any atom is 0.0594 e. The molecule has 2 atom stereocenters. The molecule has 0 aromatic carbocycles. The van der Waals surface area contributed by atoms with Crippen LogP contribution in [0.25, 0.3) is 0 Å². The molecule has 1 aliphatic heterocycles. The molecule has 1 saturated heterocycles. The van der Waals surface area contributed by atoms with Gasteiger partial charge in [-0.2, -0.15) is 0 Å². The first-order chi connectivity index (χ1) is 9.15. The molecule has 1 saturated carbocycles. The van der Waals surface area contributed by atoms with Gasteiger partial charge in [-0.1, -0.05) is 26.7 Å². The highest BCUT2D eigenvalue weighted by molar-refractivity contribution is 4.81. The Hall–Kier alpha value is -0.120. The number of hydrogen-bond acceptors (Lipinski definition) is 3. The summed E-state index contributed by atoms with van der Waals surface area (Å²) in [5.74, 6) is 1.79. The lowest BCUT2D eigenvalue weighted by Gasteiger charge is -2.36. The first-order valence-electron chi connectivity index (χ1n) is 8.20. The molecule has 2 aliphatic rings. The lowest BCUT2D eigenvalue weighted by atomic mass is 10.0. The van der Waals surface area contributed by atoms with Gasteiger partial charge in [-0.05, 0) is 31.6 Å². The molecule has 2 fully saturated rings. The zero-order valence-corrected chi connectivity index (χ0v) is 13.0. The van der Waals surface area contributed by atoms with E-state index in [0.29, 0.717) is 12.1 Å². The molecule has 2 rings (SSSR count). The molecule has 2 unspecified atom stereocenters. The Balaban J connectivity index is 1.74. The molecule has 1 N–H and O–H groups in total. The van der Waals surface area contributed by atoms with Crippen molar-refractivity contribution in [2.45, 2.75) is 58.5 Å². The summed E-state index contributed by atoms with van der Waals surface area (Å²) in [6.07, 6.45) is 5.59. The third-order valence-corrected chi connectivity index (χ3v) is 4.39. The first-order valence-corrected chi connectivity index (χ1v) is 8.20. The van der Waals surface area contributed by atoms with Gasteiger partial charge in [-0.25, -0.2) is 0 Å². The highest BCUT2D eigenvalue weighted by atomic mass is 16.5. The molecule has 3 nitrogen and oxygen atoms in total. The van der Waals surface area contributed by atoms with Gasteiger partial charge in [0.15, 0.2) is 0 Å². The standard InChI is InChI=1S/C16H32N2O/c1-13(2)10-16(18-6-8-19-9-7-18)12-17-14(3)11-15-4-5-15/h13-17H,4-12H2,1-3H3. The van der Waals surface area contributed by atoms with Crippen LogP contribution >= 0.6 is 0 Å². The molecule has 19 heavy (non-hydrogen) atoms. The van der Waals surface area contributed by atoms with E-state index < -0.39 is 0 Å². The normalized spacial score (nSPS) is 24.6. The predicted octanol–water partition coefficient (Wildman–Crippen LogP) is 2.51. The molecule has 1 heterocycles. The third-order valence-electron chi connectivity index (χ3n) is 4.39. The fourth-order valence-electron chi connectivity index (χ4n) is 3.12. The number of nitrogens with zero attached hydrogens (tertiary/aromatic N) is 1. The van der Waals surface area contributed by atoms with Crippen LogP contribution in [-0.2, 0) is 4.74 Å². The average molecular weight is 268 g/mol. The van der Waals surface area contributed by atoms with Gasteiger partial charge in [-0.3, -0.25) is 4.90 Å². The Labute approximate surface area is 119 Å². The summed E-state index contributed by atoms with van der Waals surface area (Å²) >= 11 is 0. The fourth-order valence-corrected chi connectivity index (χ4v) is 3.12. The smallest absolute Gasteiger partial charge is 0.0594 e. The Morgan fingerprint density at radius 2 is 1.84 bits per heavy atom. The summed E-state index contributed by atoms with van der Waals surface area (Å²) in [7, 11) is 0. The van der Waals surface area contributed by atoms with Gasteiger partial charge in [-0.15, -0.1) is 0 Å². The quantitative estimate of drug-likeness (QED) is 0.732. The summed E-state index contributed by atoms with van der Waals surface area (Å²) in [4.78, 5) is 2.63. The largest absolute Gasteiger partial charge is 0.379 e. The summed E-state index contributed by atoms with van der Waals surface area (Å²) in [6, 6.07) is 1.37. The Kier molecular flexibility index (Phi) is 6.11. The van der Waals surface area contributed by atoms with Crippen molar-refractivity contribution < 1.29 is 4.74 Å². The van der Waals surface area contributed by atoms with Crippen molar-refractivity contribution in [3.8, 4) is 0 Å². The van der Waals surface area contributed by atoms with Crippen molar-refractivity contribution in [2.24, 2.45) is 11.8 Å². The SMILES string of the molecule is CC(C)CC(CNC(C)CC1CC1)N1CCOCC1. The van der Waals surface area contributed by atoms with Crippen LogP contribution in [0.1, 0.15) is 46.5 Å². The van der Waals surface area contributed by atoms with Gasteiger partial charge in [0.2, 0.25) is 0 Å². The molecule has 0 aromatic rings. The third kappa shape index (κ3) is 5.80. The van der Waals surface area contributed by atoms with Crippen LogP contribution in [0.3, 0.4) is 0 Å². The van der Waals surface area contributed by atoms with E-state index in [9.17, 15) is 0 Å². The van der Waals surface area contributed by atoms with E-state index in [4.69, 9.17) is 4.74 Å². The van der Waals surface area contributed by atoms with E-state index in [0.717, 1.165) is 44.7 Å². The maximum absolute atomic E-state index is 5.48. The molecular formula is C16H32N2O. The Morgan fingerprint density at radius 3 is 2.42 bits per heavy atom. The highest BCUT2D eigenvalue weighted by Gasteiger charge is 2.25. The molecule has 0 spiro atoms. The van der Waals surface area contributed by atoms with Gasteiger partial charge in [0.05, 0.1) is 13.2 Å². The van der Waals surface area contributed by atoms with E-state index in [2.05, 4.69) is 31.0 Å². The minimum atomic E-state index is 0.684. The van der Waals surface area contributed by atoms with Crippen LogP contribution in [0.15, 0.2) is 0 Å². The molecule has 3 heteroatoms. The van der Waals surface area contributed by atoms with Crippen LogP contribution < -0.4 is 5.32 Å². The lowest BCUT2D eigenvalue weighted by Crippen LogP contribution is -2.49. The van der Waals surface area contributed by atoms with E-state index in [1.165, 1.54) is 25.7 Å². The van der Waals surface area contributed by atoms with Crippen molar-refractivity contribution in [1.82, 2.24) is 10.2 Å². The predicted molar refractivity (Wildman–Crippen MR) is 80.4 cm³/mol. The summed E-state index contributed by atoms with van der Waals surface area (Å²) < 4.78 is 5.48. The van der Waals surface area contributed by atoms with Gasteiger partial charge in [0, 0.05) is 31.7 Å². The number of morpholine rings is 1. The van der Waals surface area contributed by atoms with E-state index in [1.807, 2.05) is 0 Å². The van der Waals surface area contributed by atoms with E-state index in [1.54, 1.807) is 0 Å². The second-order valence-electron chi connectivity index (χ2n) is 6.92. The zero-order chi connectivity index (χ0) is 13.7. The van der Waals surface area contributed by atoms with Gasteiger partial charge < -0.3 is 10.1 Å². The van der Waals surface area contributed by atoms with Crippen molar-refractivity contribution in [1.29, 1.82) is 0 Å². The summed E-state index contributed by atoms with van der Waals surface area (Å²) in [6.45, 7) is 12.2. The van der Waals surface area contributed by atoms with Crippen LogP contribution in [-0.4, -0.2) is 49.8 Å². The van der Waals surface area contributed by atoms with E-state index >= 15 is 0 Å².